The van der Waals surface area contributed by atoms with Gasteiger partial charge in [0.15, 0.2) is 11.5 Å². The van der Waals surface area contributed by atoms with Crippen LogP contribution in [0.3, 0.4) is 0 Å². The molecule has 162 valence electrons. The number of methoxy groups -OCH3 is 1. The van der Waals surface area contributed by atoms with Crippen LogP contribution < -0.4 is 20.1 Å². The molecule has 31 heavy (non-hydrogen) atoms. The summed E-state index contributed by atoms with van der Waals surface area (Å²) in [5.41, 5.74) is 4.73. The molecule has 0 unspecified atom stereocenters. The maximum atomic E-state index is 12.6. The minimum absolute atomic E-state index is 0.00323. The first kappa shape index (κ1) is 22.3. The van der Waals surface area contributed by atoms with Gasteiger partial charge >= 0.3 is 0 Å². The van der Waals surface area contributed by atoms with E-state index in [-0.39, 0.29) is 11.8 Å². The Bertz CT molecular complexity index is 1000. The molecule has 0 aliphatic carbocycles. The van der Waals surface area contributed by atoms with Gasteiger partial charge in [0, 0.05) is 29.6 Å². The Balaban J connectivity index is 1.55. The maximum Gasteiger partial charge on any atom is 0.251 e. The van der Waals surface area contributed by atoms with Gasteiger partial charge in [-0.1, -0.05) is 19.1 Å². The van der Waals surface area contributed by atoms with E-state index in [4.69, 9.17) is 9.47 Å². The molecule has 2 aromatic carbocycles. The summed E-state index contributed by atoms with van der Waals surface area (Å²) in [6, 6.07) is 12.5. The van der Waals surface area contributed by atoms with Crippen LogP contribution >= 0.6 is 11.3 Å². The predicted octanol–water partition coefficient (Wildman–Crippen LogP) is 4.40. The average molecular weight is 440 g/mol. The summed E-state index contributed by atoms with van der Waals surface area (Å²) in [6.45, 7) is 2.66. The van der Waals surface area contributed by atoms with E-state index >= 15 is 0 Å². The first-order valence-corrected chi connectivity index (χ1v) is 10.9. The number of anilines is 1. The van der Waals surface area contributed by atoms with Crippen LogP contribution in [0, 0.1) is 0 Å². The molecular formula is C23H25N3O4S. The van der Waals surface area contributed by atoms with Crippen LogP contribution in [-0.2, 0) is 17.9 Å². The number of ether oxygens (including phenoxy) is 2. The molecular weight excluding hydrogens is 414 g/mol. The number of hydrogen-bond donors (Lipinski definition) is 2. The number of carbonyl (C=O) groups excluding carboxylic acids is 2. The zero-order valence-corrected chi connectivity index (χ0v) is 18.3. The Hall–Kier alpha value is -3.39. The van der Waals surface area contributed by atoms with Gasteiger partial charge in [-0.3, -0.25) is 9.59 Å². The highest BCUT2D eigenvalue weighted by molar-refractivity contribution is 7.07. The van der Waals surface area contributed by atoms with E-state index in [1.54, 1.807) is 23.7 Å². The Morgan fingerprint density at radius 2 is 1.90 bits per heavy atom. The normalized spacial score (nSPS) is 10.4. The van der Waals surface area contributed by atoms with Gasteiger partial charge in [-0.25, -0.2) is 4.98 Å². The summed E-state index contributed by atoms with van der Waals surface area (Å²) in [7, 11) is 1.54. The topological polar surface area (TPSA) is 89.6 Å². The summed E-state index contributed by atoms with van der Waals surface area (Å²) in [5, 5.41) is 7.65. The smallest absolute Gasteiger partial charge is 0.251 e. The van der Waals surface area contributed by atoms with Crippen molar-refractivity contribution < 1.29 is 19.1 Å². The van der Waals surface area contributed by atoms with Gasteiger partial charge in [-0.2, -0.15) is 0 Å². The molecule has 0 radical (unpaired) electrons. The molecule has 0 saturated carbocycles. The molecule has 0 bridgehead atoms. The van der Waals surface area contributed by atoms with Crippen molar-refractivity contribution in [2.24, 2.45) is 0 Å². The fraction of sp³-hybridized carbons (Fsp3) is 0.261. The van der Waals surface area contributed by atoms with Crippen LogP contribution in [0.1, 0.15) is 41.4 Å². The second kappa shape index (κ2) is 11.1. The molecule has 2 amide bonds. The molecule has 0 aliphatic heterocycles. The van der Waals surface area contributed by atoms with Crippen molar-refractivity contribution in [3.8, 4) is 11.5 Å². The van der Waals surface area contributed by atoms with E-state index in [1.165, 1.54) is 18.4 Å². The Labute approximate surface area is 185 Å². The van der Waals surface area contributed by atoms with Gasteiger partial charge in [0.2, 0.25) is 5.91 Å². The largest absolute Gasteiger partial charge is 0.493 e. The van der Waals surface area contributed by atoms with Crippen molar-refractivity contribution in [3.63, 3.8) is 0 Å². The van der Waals surface area contributed by atoms with Crippen molar-refractivity contribution in [1.82, 2.24) is 10.3 Å². The van der Waals surface area contributed by atoms with Gasteiger partial charge in [0.25, 0.3) is 5.91 Å². The highest BCUT2D eigenvalue weighted by atomic mass is 32.1. The molecule has 3 rings (SSSR count). The van der Waals surface area contributed by atoms with Crippen LogP contribution in [0.4, 0.5) is 5.69 Å². The molecule has 0 fully saturated rings. The number of hydrogen-bond acceptors (Lipinski definition) is 6. The van der Waals surface area contributed by atoms with E-state index < -0.39 is 0 Å². The monoisotopic (exact) mass is 439 g/mol. The summed E-state index contributed by atoms with van der Waals surface area (Å²) in [6.07, 6.45) is 1.30. The van der Waals surface area contributed by atoms with Gasteiger partial charge in [-0.15, -0.1) is 11.3 Å². The van der Waals surface area contributed by atoms with Crippen LogP contribution in [0.15, 0.2) is 53.4 Å². The minimum Gasteiger partial charge on any atom is -0.493 e. The van der Waals surface area contributed by atoms with Crippen molar-refractivity contribution in [3.05, 3.63) is 70.2 Å². The van der Waals surface area contributed by atoms with Gasteiger partial charge in [0.05, 0.1) is 18.3 Å². The van der Waals surface area contributed by atoms with Crippen molar-refractivity contribution in [2.75, 3.05) is 12.4 Å². The highest BCUT2D eigenvalue weighted by Crippen LogP contribution is 2.29. The van der Waals surface area contributed by atoms with Crippen LogP contribution in [-0.4, -0.2) is 23.9 Å². The third-order valence-electron chi connectivity index (χ3n) is 4.45. The number of rotatable bonds is 10. The van der Waals surface area contributed by atoms with Gasteiger partial charge in [0.1, 0.15) is 6.61 Å². The SMILES string of the molecule is CCCC(=O)Nc1ccc(CNC(=O)c2ccc(OCc3cscn3)c(OC)c2)cc1. The molecule has 7 nitrogen and oxygen atoms in total. The molecule has 0 spiro atoms. The maximum absolute atomic E-state index is 12.6. The third-order valence-corrected chi connectivity index (χ3v) is 5.09. The Morgan fingerprint density at radius 3 is 2.58 bits per heavy atom. The fourth-order valence-corrected chi connectivity index (χ4v) is 3.37. The van der Waals surface area contributed by atoms with Crippen molar-refractivity contribution in [1.29, 1.82) is 0 Å². The van der Waals surface area contributed by atoms with Gasteiger partial charge in [-0.05, 0) is 42.3 Å². The predicted molar refractivity (Wildman–Crippen MR) is 121 cm³/mol. The second-order valence-corrected chi connectivity index (χ2v) is 7.53. The van der Waals surface area contributed by atoms with Crippen LogP contribution in [0.2, 0.25) is 0 Å². The molecule has 0 aliphatic rings. The van der Waals surface area contributed by atoms with E-state index in [9.17, 15) is 9.59 Å². The number of benzene rings is 2. The number of thiazole rings is 1. The molecule has 2 N–H and O–H groups in total. The van der Waals surface area contributed by atoms with Gasteiger partial charge < -0.3 is 20.1 Å². The first-order valence-electron chi connectivity index (χ1n) is 9.94. The number of aromatic nitrogens is 1. The van der Waals surface area contributed by atoms with Crippen LogP contribution in [0.5, 0.6) is 11.5 Å². The molecule has 3 aromatic rings. The molecule has 0 saturated heterocycles. The zero-order chi connectivity index (χ0) is 22.1. The fourth-order valence-electron chi connectivity index (χ4n) is 2.83. The molecule has 1 aromatic heterocycles. The van der Waals surface area contributed by atoms with E-state index in [0.717, 1.165) is 23.4 Å². The molecule has 0 atom stereocenters. The number of nitrogens with one attached hydrogen (secondary N) is 2. The Kier molecular flexibility index (Phi) is 8.00. The minimum atomic E-state index is -0.218. The summed E-state index contributed by atoms with van der Waals surface area (Å²) in [4.78, 5) is 28.4. The average Bonchev–Trinajstić information content (AvgIpc) is 3.30. The first-order chi connectivity index (χ1) is 15.1. The van der Waals surface area contributed by atoms with E-state index in [0.29, 0.717) is 36.6 Å². The quantitative estimate of drug-likeness (QED) is 0.489. The second-order valence-electron chi connectivity index (χ2n) is 6.81. The lowest BCUT2D eigenvalue weighted by Crippen LogP contribution is -2.22. The Morgan fingerprint density at radius 1 is 1.10 bits per heavy atom. The summed E-state index contributed by atoms with van der Waals surface area (Å²) < 4.78 is 11.1. The standard InChI is InChI=1S/C23H25N3O4S/c1-3-4-22(27)26-18-8-5-16(6-9-18)12-24-23(28)17-7-10-20(21(11-17)29-2)30-13-19-14-31-15-25-19/h5-11,14-15H,3-4,12-13H2,1-2H3,(H,24,28)(H,26,27). The lowest BCUT2D eigenvalue weighted by Gasteiger charge is -2.12. The number of carbonyl (C=O) groups is 2. The van der Waals surface area contributed by atoms with Crippen LogP contribution in [0.25, 0.3) is 0 Å². The van der Waals surface area contributed by atoms with Crippen molar-refractivity contribution in [2.45, 2.75) is 32.9 Å². The third kappa shape index (κ3) is 6.55. The summed E-state index contributed by atoms with van der Waals surface area (Å²) >= 11 is 1.51. The summed E-state index contributed by atoms with van der Waals surface area (Å²) in [5.74, 6) is 0.809. The lowest BCUT2D eigenvalue weighted by molar-refractivity contribution is -0.116. The number of nitrogens with zero attached hydrogens (tertiary/aromatic N) is 1. The zero-order valence-electron chi connectivity index (χ0n) is 17.5. The van der Waals surface area contributed by atoms with Crippen molar-refractivity contribution >= 4 is 28.8 Å². The van der Waals surface area contributed by atoms with E-state index in [2.05, 4.69) is 15.6 Å². The van der Waals surface area contributed by atoms with E-state index in [1.807, 2.05) is 36.6 Å². The lowest BCUT2D eigenvalue weighted by atomic mass is 10.1. The highest BCUT2D eigenvalue weighted by Gasteiger charge is 2.12. The molecule has 8 heteroatoms. The number of amides is 2. The molecule has 1 heterocycles.